The van der Waals surface area contributed by atoms with Crippen molar-refractivity contribution in [2.75, 3.05) is 46.9 Å². The van der Waals surface area contributed by atoms with E-state index in [2.05, 4.69) is 0 Å². The highest BCUT2D eigenvalue weighted by molar-refractivity contribution is 5.78. The van der Waals surface area contributed by atoms with Gasteiger partial charge in [0.2, 0.25) is 0 Å². The van der Waals surface area contributed by atoms with Crippen LogP contribution in [-0.4, -0.2) is 68.6 Å². The van der Waals surface area contributed by atoms with E-state index in [4.69, 9.17) is 9.47 Å². The lowest BCUT2D eigenvalue weighted by atomic mass is 10.1. The Kier molecular flexibility index (Phi) is 8.99. The largest absolute Gasteiger partial charge is 0.483 e. The van der Waals surface area contributed by atoms with E-state index in [1.54, 1.807) is 11.8 Å². The number of hydrogen-bond donors (Lipinski definition) is 0. The zero-order valence-corrected chi connectivity index (χ0v) is 16.0. The minimum Gasteiger partial charge on any atom is -0.483 e. The number of amides is 1. The molecule has 0 saturated carbocycles. The quantitative estimate of drug-likeness (QED) is 0.604. The van der Waals surface area contributed by atoms with Crippen LogP contribution in [0.2, 0.25) is 0 Å². The standard InChI is InChI=1S/C19H30N2O4/c1-6-24-18(23)10-11-21(13-12-20(4)5)17(22)14-25-19-15(2)8-7-9-16(19)3/h7-9H,6,10-14H2,1-5H3. The second-order valence-electron chi connectivity index (χ2n) is 6.25. The van der Waals surface area contributed by atoms with E-state index in [9.17, 15) is 9.59 Å². The number of nitrogens with zero attached hydrogens (tertiary/aromatic N) is 2. The van der Waals surface area contributed by atoms with Gasteiger partial charge in [0.05, 0.1) is 13.0 Å². The molecule has 0 heterocycles. The highest BCUT2D eigenvalue weighted by atomic mass is 16.5. The average Bonchev–Trinajstić information content (AvgIpc) is 2.54. The SMILES string of the molecule is CCOC(=O)CCN(CCN(C)C)C(=O)COc1c(C)cccc1C. The maximum atomic E-state index is 12.6. The van der Waals surface area contributed by atoms with Gasteiger partial charge in [0.1, 0.15) is 5.75 Å². The fourth-order valence-corrected chi connectivity index (χ4v) is 2.39. The lowest BCUT2D eigenvalue weighted by Crippen LogP contribution is -2.40. The predicted molar refractivity (Wildman–Crippen MR) is 97.8 cm³/mol. The zero-order chi connectivity index (χ0) is 18.8. The fourth-order valence-electron chi connectivity index (χ4n) is 2.39. The smallest absolute Gasteiger partial charge is 0.307 e. The van der Waals surface area contributed by atoms with E-state index < -0.39 is 0 Å². The summed E-state index contributed by atoms with van der Waals surface area (Å²) in [6, 6.07) is 5.87. The molecule has 0 fully saturated rings. The van der Waals surface area contributed by atoms with Crippen LogP contribution in [0.25, 0.3) is 0 Å². The van der Waals surface area contributed by atoms with Gasteiger partial charge in [-0.25, -0.2) is 0 Å². The van der Waals surface area contributed by atoms with Crippen molar-refractivity contribution in [3.8, 4) is 5.75 Å². The molecule has 6 heteroatoms. The van der Waals surface area contributed by atoms with Crippen LogP contribution >= 0.6 is 0 Å². The van der Waals surface area contributed by atoms with E-state index in [0.717, 1.165) is 23.4 Å². The van der Waals surface area contributed by atoms with Crippen molar-refractivity contribution in [1.82, 2.24) is 9.80 Å². The predicted octanol–water partition coefficient (Wildman–Crippen LogP) is 2.03. The summed E-state index contributed by atoms with van der Waals surface area (Å²) in [5.41, 5.74) is 2.00. The Hall–Kier alpha value is -2.08. The molecule has 0 unspecified atom stereocenters. The van der Waals surface area contributed by atoms with Crippen molar-refractivity contribution >= 4 is 11.9 Å². The van der Waals surface area contributed by atoms with Crippen LogP contribution < -0.4 is 4.74 Å². The van der Waals surface area contributed by atoms with E-state index in [1.165, 1.54) is 0 Å². The molecule has 6 nitrogen and oxygen atoms in total. The summed E-state index contributed by atoms with van der Waals surface area (Å²) in [7, 11) is 3.89. The van der Waals surface area contributed by atoms with Gasteiger partial charge in [-0.05, 0) is 46.0 Å². The van der Waals surface area contributed by atoms with Crippen molar-refractivity contribution in [3.63, 3.8) is 0 Å². The normalized spacial score (nSPS) is 10.6. The fraction of sp³-hybridized carbons (Fsp3) is 0.579. The number of aryl methyl sites for hydroxylation is 2. The molecule has 140 valence electrons. The summed E-state index contributed by atoms with van der Waals surface area (Å²) in [5.74, 6) is 0.323. The monoisotopic (exact) mass is 350 g/mol. The van der Waals surface area contributed by atoms with Crippen LogP contribution in [0.1, 0.15) is 24.5 Å². The molecule has 1 amide bonds. The number of hydrogen-bond acceptors (Lipinski definition) is 5. The zero-order valence-electron chi connectivity index (χ0n) is 16.0. The first-order chi connectivity index (χ1) is 11.8. The lowest BCUT2D eigenvalue weighted by Gasteiger charge is -2.24. The maximum absolute atomic E-state index is 12.6. The first-order valence-electron chi connectivity index (χ1n) is 8.62. The molecular formula is C19H30N2O4. The van der Waals surface area contributed by atoms with Gasteiger partial charge in [-0.15, -0.1) is 0 Å². The molecule has 0 aromatic heterocycles. The van der Waals surface area contributed by atoms with E-state index in [-0.39, 0.29) is 24.9 Å². The second kappa shape index (κ2) is 10.7. The number of benzene rings is 1. The number of rotatable bonds is 10. The summed E-state index contributed by atoms with van der Waals surface area (Å²) in [6.07, 6.45) is 0.191. The van der Waals surface area contributed by atoms with Crippen molar-refractivity contribution in [2.24, 2.45) is 0 Å². The second-order valence-corrected chi connectivity index (χ2v) is 6.25. The summed E-state index contributed by atoms with van der Waals surface area (Å²) >= 11 is 0. The first-order valence-corrected chi connectivity index (χ1v) is 8.62. The van der Waals surface area contributed by atoms with Gasteiger partial charge in [0.15, 0.2) is 6.61 Å². The minimum absolute atomic E-state index is 0.0397. The summed E-state index contributed by atoms with van der Waals surface area (Å²) in [4.78, 5) is 27.8. The van der Waals surface area contributed by atoms with Gasteiger partial charge >= 0.3 is 5.97 Å². The third-order valence-corrected chi connectivity index (χ3v) is 3.81. The molecule has 0 radical (unpaired) electrons. The molecule has 0 aliphatic rings. The Balaban J connectivity index is 2.65. The maximum Gasteiger partial charge on any atom is 0.307 e. The van der Waals surface area contributed by atoms with Gasteiger partial charge in [-0.1, -0.05) is 18.2 Å². The van der Waals surface area contributed by atoms with Gasteiger partial charge in [0, 0.05) is 19.6 Å². The molecule has 0 N–H and O–H groups in total. The lowest BCUT2D eigenvalue weighted by molar-refractivity contribution is -0.144. The molecule has 25 heavy (non-hydrogen) atoms. The van der Waals surface area contributed by atoms with Gasteiger partial charge in [-0.2, -0.15) is 0 Å². The average molecular weight is 350 g/mol. The Morgan fingerprint density at radius 3 is 2.24 bits per heavy atom. The third-order valence-electron chi connectivity index (χ3n) is 3.81. The molecule has 0 atom stereocenters. The van der Waals surface area contributed by atoms with Crippen LogP contribution in [0.3, 0.4) is 0 Å². The molecule has 0 bridgehead atoms. The van der Waals surface area contributed by atoms with E-state index in [1.807, 2.05) is 51.0 Å². The highest BCUT2D eigenvalue weighted by Gasteiger charge is 2.17. The Labute approximate surface area is 150 Å². The number of esters is 1. The number of para-hydroxylation sites is 1. The third kappa shape index (κ3) is 7.56. The topological polar surface area (TPSA) is 59.1 Å². The van der Waals surface area contributed by atoms with Crippen LogP contribution in [0.4, 0.5) is 0 Å². The van der Waals surface area contributed by atoms with Crippen molar-refractivity contribution in [2.45, 2.75) is 27.2 Å². The number of carbonyl (C=O) groups excluding carboxylic acids is 2. The highest BCUT2D eigenvalue weighted by Crippen LogP contribution is 2.22. The molecule has 1 aromatic carbocycles. The summed E-state index contributed by atoms with van der Waals surface area (Å²) in [6.45, 7) is 7.59. The minimum atomic E-state index is -0.291. The molecule has 0 saturated heterocycles. The summed E-state index contributed by atoms with van der Waals surface area (Å²) in [5, 5.41) is 0. The molecule has 0 spiro atoms. The molecule has 1 rings (SSSR count). The first kappa shape index (κ1) is 21.0. The number of carbonyl (C=O) groups is 2. The van der Waals surface area contributed by atoms with Crippen molar-refractivity contribution in [1.29, 1.82) is 0 Å². The van der Waals surface area contributed by atoms with Crippen LogP contribution in [0.5, 0.6) is 5.75 Å². The Bertz CT molecular complexity index is 552. The molecular weight excluding hydrogens is 320 g/mol. The van der Waals surface area contributed by atoms with Gasteiger partial charge in [0.25, 0.3) is 5.91 Å². The van der Waals surface area contributed by atoms with Crippen LogP contribution in [0.15, 0.2) is 18.2 Å². The van der Waals surface area contributed by atoms with Crippen molar-refractivity contribution < 1.29 is 19.1 Å². The molecule has 1 aromatic rings. The molecule has 0 aliphatic carbocycles. The van der Waals surface area contributed by atoms with E-state index >= 15 is 0 Å². The number of likely N-dealkylation sites (N-methyl/N-ethyl adjacent to an activating group) is 1. The van der Waals surface area contributed by atoms with Gasteiger partial charge < -0.3 is 19.3 Å². The van der Waals surface area contributed by atoms with Crippen LogP contribution in [0, 0.1) is 13.8 Å². The van der Waals surface area contributed by atoms with Crippen LogP contribution in [-0.2, 0) is 14.3 Å². The number of ether oxygens (including phenoxy) is 2. The van der Waals surface area contributed by atoms with Crippen molar-refractivity contribution in [3.05, 3.63) is 29.3 Å². The molecule has 0 aliphatic heterocycles. The Morgan fingerprint density at radius 1 is 1.04 bits per heavy atom. The van der Waals surface area contributed by atoms with Gasteiger partial charge in [-0.3, -0.25) is 9.59 Å². The van der Waals surface area contributed by atoms with E-state index in [0.29, 0.717) is 19.7 Å². The Morgan fingerprint density at radius 2 is 1.68 bits per heavy atom. The summed E-state index contributed by atoms with van der Waals surface area (Å²) < 4.78 is 10.7.